The van der Waals surface area contributed by atoms with E-state index in [0.717, 1.165) is 29.5 Å². The number of hydrogen-bond donors (Lipinski definition) is 4. The van der Waals surface area contributed by atoms with Gasteiger partial charge in [0.1, 0.15) is 11.6 Å². The summed E-state index contributed by atoms with van der Waals surface area (Å²) < 4.78 is 14.1. The third kappa shape index (κ3) is 4.28. The minimum absolute atomic E-state index is 0.0829. The molecule has 4 aromatic heterocycles. The van der Waals surface area contributed by atoms with Crippen molar-refractivity contribution < 1.29 is 9.50 Å². The van der Waals surface area contributed by atoms with Crippen LogP contribution in [0.15, 0.2) is 67.3 Å². The summed E-state index contributed by atoms with van der Waals surface area (Å²) in [5.41, 5.74) is 3.33. The van der Waals surface area contributed by atoms with Crippen LogP contribution in [0.4, 0.5) is 21.8 Å². The molecule has 1 aliphatic carbocycles. The Morgan fingerprint density at radius 1 is 1.08 bits per heavy atom. The maximum atomic E-state index is 14.1. The zero-order valence-corrected chi connectivity index (χ0v) is 19.2. The van der Waals surface area contributed by atoms with Gasteiger partial charge in [0.2, 0.25) is 0 Å². The minimum atomic E-state index is -0.551. The topological polar surface area (TPSA) is 121 Å². The van der Waals surface area contributed by atoms with Crippen molar-refractivity contribution in [2.75, 3.05) is 23.7 Å². The van der Waals surface area contributed by atoms with Gasteiger partial charge >= 0.3 is 0 Å². The van der Waals surface area contributed by atoms with Crippen molar-refractivity contribution in [2.45, 2.75) is 18.6 Å². The number of piperidine rings is 1. The largest absolute Gasteiger partial charge is 0.390 e. The van der Waals surface area contributed by atoms with E-state index in [1.165, 1.54) is 18.3 Å². The summed E-state index contributed by atoms with van der Waals surface area (Å²) in [5, 5.41) is 21.0. The first-order valence-electron chi connectivity index (χ1n) is 11.7. The summed E-state index contributed by atoms with van der Waals surface area (Å²) in [4.78, 5) is 22.4. The van der Waals surface area contributed by atoms with E-state index >= 15 is 0 Å². The molecule has 180 valence electrons. The first-order chi connectivity index (χ1) is 17.7. The number of halogens is 1. The molecule has 2 aliphatic rings. The second-order valence-corrected chi connectivity index (χ2v) is 8.66. The highest BCUT2D eigenvalue weighted by molar-refractivity contribution is 6.02. The van der Waals surface area contributed by atoms with Crippen LogP contribution in [0.5, 0.6) is 0 Å². The predicted molar refractivity (Wildman–Crippen MR) is 136 cm³/mol. The molecule has 0 aromatic carbocycles. The number of hydrogen-bond acceptors (Lipinski definition) is 9. The van der Waals surface area contributed by atoms with E-state index in [4.69, 9.17) is 9.97 Å². The fraction of sp³-hybridized carbons (Fsp3) is 0.192. The lowest BCUT2D eigenvalue weighted by Crippen LogP contribution is -2.47. The molecule has 5 heterocycles. The van der Waals surface area contributed by atoms with Gasteiger partial charge in [-0.05, 0) is 42.8 Å². The lowest BCUT2D eigenvalue weighted by Gasteiger charge is -2.30. The summed E-state index contributed by atoms with van der Waals surface area (Å²) in [5.74, 6) is 1.10. The zero-order valence-electron chi connectivity index (χ0n) is 19.2. The van der Waals surface area contributed by atoms with Crippen molar-refractivity contribution in [1.29, 1.82) is 0 Å². The average molecular weight is 483 g/mol. The lowest BCUT2D eigenvalue weighted by molar-refractivity contribution is 0.128. The normalized spacial score (nSPS) is 19.0. The molecular formula is C26H23FN8O. The second kappa shape index (κ2) is 9.40. The molecule has 0 unspecified atom stereocenters. The first-order valence-corrected chi connectivity index (χ1v) is 11.7. The van der Waals surface area contributed by atoms with Gasteiger partial charge in [-0.3, -0.25) is 4.98 Å². The Morgan fingerprint density at radius 3 is 2.81 bits per heavy atom. The van der Waals surface area contributed by atoms with Crippen LogP contribution in [0, 0.1) is 5.82 Å². The number of allylic oxidation sites excluding steroid dienone is 4. The summed E-state index contributed by atoms with van der Waals surface area (Å²) in [7, 11) is 0. The van der Waals surface area contributed by atoms with Crippen molar-refractivity contribution in [3.63, 3.8) is 0 Å². The minimum Gasteiger partial charge on any atom is -0.390 e. The summed E-state index contributed by atoms with van der Waals surface area (Å²) in [6.45, 7) is 1.32. The molecule has 0 amide bonds. The smallest absolute Gasteiger partial charge is 0.167 e. The van der Waals surface area contributed by atoms with Crippen LogP contribution in [0.25, 0.3) is 27.9 Å². The Morgan fingerprint density at radius 2 is 2.00 bits per heavy atom. The van der Waals surface area contributed by atoms with Gasteiger partial charge in [-0.1, -0.05) is 18.2 Å². The Bertz CT molecular complexity index is 1500. The molecule has 0 radical (unpaired) electrons. The molecule has 0 saturated carbocycles. The number of aliphatic hydroxyl groups excluding tert-OH is 1. The molecule has 4 aromatic rings. The number of pyridine rings is 3. The van der Waals surface area contributed by atoms with Gasteiger partial charge in [0.05, 0.1) is 29.2 Å². The molecule has 36 heavy (non-hydrogen) atoms. The monoisotopic (exact) mass is 482 g/mol. The van der Waals surface area contributed by atoms with Crippen LogP contribution in [0.3, 0.4) is 0 Å². The Labute approximate surface area is 206 Å². The zero-order chi connectivity index (χ0) is 24.5. The van der Waals surface area contributed by atoms with Crippen LogP contribution in [0.2, 0.25) is 0 Å². The molecule has 6 rings (SSSR count). The third-order valence-electron chi connectivity index (χ3n) is 6.26. The van der Waals surface area contributed by atoms with Crippen molar-refractivity contribution >= 4 is 33.9 Å². The van der Waals surface area contributed by atoms with E-state index in [9.17, 15) is 9.50 Å². The van der Waals surface area contributed by atoms with Crippen molar-refractivity contribution in [2.24, 2.45) is 0 Å². The first kappa shape index (κ1) is 22.2. The Hall–Kier alpha value is -4.28. The molecule has 1 fully saturated rings. The van der Waals surface area contributed by atoms with E-state index < -0.39 is 11.9 Å². The van der Waals surface area contributed by atoms with Crippen molar-refractivity contribution in [3.05, 3.63) is 78.7 Å². The third-order valence-corrected chi connectivity index (χ3v) is 6.26. The van der Waals surface area contributed by atoms with E-state index in [-0.39, 0.29) is 11.9 Å². The van der Waals surface area contributed by atoms with E-state index in [1.807, 2.05) is 18.2 Å². The van der Waals surface area contributed by atoms with Gasteiger partial charge in [0.25, 0.3) is 0 Å². The molecular weight excluding hydrogens is 459 g/mol. The van der Waals surface area contributed by atoms with Gasteiger partial charge in [-0.15, -0.1) is 0 Å². The van der Waals surface area contributed by atoms with Crippen LogP contribution < -0.4 is 16.0 Å². The van der Waals surface area contributed by atoms with Gasteiger partial charge in [-0.2, -0.15) is 0 Å². The average Bonchev–Trinajstić information content (AvgIpc) is 2.86. The van der Waals surface area contributed by atoms with Crippen LogP contribution in [0.1, 0.15) is 12.0 Å². The van der Waals surface area contributed by atoms with Crippen molar-refractivity contribution in [3.8, 4) is 11.4 Å². The van der Waals surface area contributed by atoms with Gasteiger partial charge in [0, 0.05) is 36.3 Å². The summed E-state index contributed by atoms with van der Waals surface area (Å²) in [6.07, 6.45) is 12.8. The van der Waals surface area contributed by atoms with Gasteiger partial charge < -0.3 is 21.1 Å². The quantitative estimate of drug-likeness (QED) is 0.327. The molecule has 0 spiro atoms. The SMILES string of the molecule is O[C@@H]1CNCC[C@H]1Nc1nc(-c2ccnc(Nc3ncccc3F)c2)nc2cncc(C3=CC=C3)c12. The highest BCUT2D eigenvalue weighted by Gasteiger charge is 2.25. The number of nitrogens with one attached hydrogen (secondary N) is 3. The second-order valence-electron chi connectivity index (χ2n) is 8.66. The molecule has 0 bridgehead atoms. The highest BCUT2D eigenvalue weighted by atomic mass is 19.1. The molecule has 2 atom stereocenters. The number of aromatic nitrogens is 5. The number of rotatable bonds is 6. The Kier molecular flexibility index (Phi) is 5.80. The van der Waals surface area contributed by atoms with Crippen LogP contribution >= 0.6 is 0 Å². The number of nitrogens with zero attached hydrogens (tertiary/aromatic N) is 5. The molecule has 1 aliphatic heterocycles. The summed E-state index contributed by atoms with van der Waals surface area (Å²) >= 11 is 0. The molecule has 10 heteroatoms. The van der Waals surface area contributed by atoms with Gasteiger partial charge in [-0.25, -0.2) is 24.3 Å². The maximum Gasteiger partial charge on any atom is 0.167 e. The van der Waals surface area contributed by atoms with Crippen LogP contribution in [-0.4, -0.2) is 55.3 Å². The number of fused-ring (bicyclic) bond motifs is 1. The van der Waals surface area contributed by atoms with Crippen molar-refractivity contribution in [1.82, 2.24) is 30.2 Å². The van der Waals surface area contributed by atoms with E-state index in [0.29, 0.717) is 35.1 Å². The fourth-order valence-electron chi connectivity index (χ4n) is 4.33. The number of aliphatic hydroxyl groups is 1. The number of β-amino-alcohol motifs (C(OH)–C–C–N with tert-alkyl or cyclic N) is 1. The van der Waals surface area contributed by atoms with E-state index in [2.05, 4.69) is 30.9 Å². The van der Waals surface area contributed by atoms with Crippen LogP contribution in [-0.2, 0) is 0 Å². The fourth-order valence-corrected chi connectivity index (χ4v) is 4.33. The predicted octanol–water partition coefficient (Wildman–Crippen LogP) is 3.45. The van der Waals surface area contributed by atoms with Gasteiger partial charge in [0.15, 0.2) is 17.5 Å². The summed E-state index contributed by atoms with van der Waals surface area (Å²) in [6, 6.07) is 6.23. The maximum absolute atomic E-state index is 14.1. The lowest BCUT2D eigenvalue weighted by atomic mass is 9.97. The van der Waals surface area contributed by atoms with E-state index in [1.54, 1.807) is 30.7 Å². The highest BCUT2D eigenvalue weighted by Crippen LogP contribution is 2.34. The number of anilines is 3. The standard InChI is InChI=1S/C26H23FN8O/c27-18-5-2-8-31-25(18)34-22-11-16(6-10-30-22)24-33-20-13-29-12-17(15-3-1-4-15)23(20)26(35-24)32-19-7-9-28-14-21(19)36/h1-6,8,10-13,19,21,28,36H,7,9,14H2,(H,30,31,34)(H,32,33,35)/t19-,21-/m1/s1. The molecule has 9 nitrogen and oxygen atoms in total. The molecule has 1 saturated heterocycles. The Balaban J connectivity index is 1.43. The molecule has 4 N–H and O–H groups in total.